The predicted molar refractivity (Wildman–Crippen MR) is 92.5 cm³/mol. The number of carbonyl (C=O) groups is 1. The second-order valence-corrected chi connectivity index (χ2v) is 6.58. The van der Waals surface area contributed by atoms with Crippen molar-refractivity contribution in [2.75, 3.05) is 6.54 Å². The first kappa shape index (κ1) is 17.1. The molecule has 0 radical (unpaired) electrons. The average Bonchev–Trinajstić information content (AvgIpc) is 3.00. The van der Waals surface area contributed by atoms with Crippen LogP contribution >= 0.6 is 0 Å². The van der Waals surface area contributed by atoms with Gasteiger partial charge in [-0.25, -0.2) is 4.79 Å². The Morgan fingerprint density at radius 2 is 1.91 bits per heavy atom. The quantitative estimate of drug-likeness (QED) is 0.815. The maximum atomic E-state index is 12.0. The van der Waals surface area contributed by atoms with Gasteiger partial charge in [-0.2, -0.15) is 0 Å². The summed E-state index contributed by atoms with van der Waals surface area (Å²) in [7, 11) is 0. The van der Waals surface area contributed by atoms with Crippen molar-refractivity contribution in [1.29, 1.82) is 0 Å². The topological polar surface area (TPSA) is 54.3 Å². The number of amides is 2. The maximum Gasteiger partial charge on any atom is 0.315 e. The third-order valence-electron chi connectivity index (χ3n) is 3.99. The van der Waals surface area contributed by atoms with Gasteiger partial charge in [-0.1, -0.05) is 44.2 Å². The van der Waals surface area contributed by atoms with E-state index in [1.54, 1.807) is 6.26 Å². The van der Waals surface area contributed by atoms with Crippen LogP contribution in [0.1, 0.15) is 38.5 Å². The number of benzene rings is 1. The lowest BCUT2D eigenvalue weighted by Gasteiger charge is -2.29. The highest BCUT2D eigenvalue weighted by molar-refractivity contribution is 5.74. The van der Waals surface area contributed by atoms with Gasteiger partial charge in [0.1, 0.15) is 5.76 Å². The molecule has 1 heterocycles. The van der Waals surface area contributed by atoms with E-state index in [1.165, 1.54) is 5.56 Å². The molecule has 2 rings (SSSR count). The van der Waals surface area contributed by atoms with Crippen molar-refractivity contribution in [3.8, 4) is 0 Å². The van der Waals surface area contributed by atoms with Gasteiger partial charge in [0.25, 0.3) is 0 Å². The smallest absolute Gasteiger partial charge is 0.315 e. The molecule has 1 aromatic heterocycles. The molecule has 1 atom stereocenters. The monoisotopic (exact) mass is 314 g/mol. The first-order valence-electron chi connectivity index (χ1n) is 8.09. The van der Waals surface area contributed by atoms with Crippen molar-refractivity contribution in [1.82, 2.24) is 10.6 Å². The fourth-order valence-electron chi connectivity index (χ4n) is 2.85. The molecule has 0 spiro atoms. The van der Waals surface area contributed by atoms with E-state index in [4.69, 9.17) is 4.42 Å². The SMILES string of the molecule is CC(CC(C)(C)c1ccccc1)NC(=O)NCCc1ccco1. The zero-order valence-electron chi connectivity index (χ0n) is 14.1. The Morgan fingerprint density at radius 1 is 1.17 bits per heavy atom. The van der Waals surface area contributed by atoms with E-state index in [-0.39, 0.29) is 17.5 Å². The Balaban J connectivity index is 1.75. The molecule has 2 amide bonds. The summed E-state index contributed by atoms with van der Waals surface area (Å²) in [5.41, 5.74) is 1.30. The van der Waals surface area contributed by atoms with Crippen molar-refractivity contribution in [2.24, 2.45) is 0 Å². The molecule has 0 bridgehead atoms. The normalized spacial score (nSPS) is 12.7. The van der Waals surface area contributed by atoms with Gasteiger partial charge in [-0.05, 0) is 36.5 Å². The Bertz CT molecular complexity index is 591. The summed E-state index contributed by atoms with van der Waals surface area (Å²) in [6.07, 6.45) is 3.22. The highest BCUT2D eigenvalue weighted by Gasteiger charge is 2.23. The minimum atomic E-state index is -0.132. The van der Waals surface area contributed by atoms with E-state index < -0.39 is 0 Å². The summed E-state index contributed by atoms with van der Waals surface area (Å²) in [5, 5.41) is 5.87. The zero-order valence-corrected chi connectivity index (χ0v) is 14.1. The van der Waals surface area contributed by atoms with Crippen LogP contribution in [-0.2, 0) is 11.8 Å². The molecule has 0 fully saturated rings. The van der Waals surface area contributed by atoms with Crippen LogP contribution in [0.2, 0.25) is 0 Å². The van der Waals surface area contributed by atoms with E-state index in [2.05, 4.69) is 48.7 Å². The van der Waals surface area contributed by atoms with E-state index >= 15 is 0 Å². The van der Waals surface area contributed by atoms with Crippen LogP contribution in [0.4, 0.5) is 4.79 Å². The molecule has 124 valence electrons. The molecule has 2 aromatic rings. The summed E-state index contributed by atoms with van der Waals surface area (Å²) in [4.78, 5) is 12.0. The van der Waals surface area contributed by atoms with E-state index in [0.29, 0.717) is 13.0 Å². The Morgan fingerprint density at radius 3 is 2.57 bits per heavy atom. The van der Waals surface area contributed by atoms with Crippen LogP contribution < -0.4 is 10.6 Å². The molecular weight excluding hydrogens is 288 g/mol. The fraction of sp³-hybridized carbons (Fsp3) is 0.421. The molecule has 0 aliphatic carbocycles. The highest BCUT2D eigenvalue weighted by Crippen LogP contribution is 2.27. The van der Waals surface area contributed by atoms with Crippen molar-refractivity contribution in [2.45, 2.75) is 45.1 Å². The van der Waals surface area contributed by atoms with Gasteiger partial charge in [0.15, 0.2) is 0 Å². The number of hydrogen-bond acceptors (Lipinski definition) is 2. The van der Waals surface area contributed by atoms with Crippen LogP contribution in [0.5, 0.6) is 0 Å². The molecule has 1 aromatic carbocycles. The second-order valence-electron chi connectivity index (χ2n) is 6.58. The van der Waals surface area contributed by atoms with Crippen molar-refractivity contribution in [3.63, 3.8) is 0 Å². The third kappa shape index (κ3) is 5.47. The molecule has 1 unspecified atom stereocenters. The number of hydrogen-bond donors (Lipinski definition) is 2. The summed E-state index contributed by atoms with van der Waals surface area (Å²) in [6.45, 7) is 7.01. The lowest BCUT2D eigenvalue weighted by atomic mass is 9.79. The average molecular weight is 314 g/mol. The molecule has 0 saturated heterocycles. The van der Waals surface area contributed by atoms with Crippen molar-refractivity contribution >= 4 is 6.03 Å². The van der Waals surface area contributed by atoms with Gasteiger partial charge in [0.2, 0.25) is 0 Å². The highest BCUT2D eigenvalue weighted by atomic mass is 16.3. The fourth-order valence-corrected chi connectivity index (χ4v) is 2.85. The lowest BCUT2D eigenvalue weighted by Crippen LogP contribution is -2.43. The maximum absolute atomic E-state index is 12.0. The molecule has 4 heteroatoms. The first-order chi connectivity index (χ1) is 11.0. The van der Waals surface area contributed by atoms with Crippen LogP contribution in [0, 0.1) is 0 Å². The minimum Gasteiger partial charge on any atom is -0.469 e. The molecule has 2 N–H and O–H groups in total. The number of rotatable bonds is 7. The van der Waals surface area contributed by atoms with Crippen LogP contribution in [0.15, 0.2) is 53.1 Å². The Hall–Kier alpha value is -2.23. The van der Waals surface area contributed by atoms with Gasteiger partial charge in [-0.15, -0.1) is 0 Å². The lowest BCUT2D eigenvalue weighted by molar-refractivity contribution is 0.235. The third-order valence-corrected chi connectivity index (χ3v) is 3.99. The molecule has 0 aliphatic rings. The van der Waals surface area contributed by atoms with E-state index in [0.717, 1.165) is 12.2 Å². The van der Waals surface area contributed by atoms with Gasteiger partial charge >= 0.3 is 6.03 Å². The molecule has 0 saturated carbocycles. The molecule has 0 aliphatic heterocycles. The summed E-state index contributed by atoms with van der Waals surface area (Å²) in [6, 6.07) is 14.1. The van der Waals surface area contributed by atoms with Crippen LogP contribution in [0.3, 0.4) is 0 Å². The van der Waals surface area contributed by atoms with E-state index in [1.807, 2.05) is 25.1 Å². The van der Waals surface area contributed by atoms with Crippen molar-refractivity contribution in [3.05, 3.63) is 60.1 Å². The summed E-state index contributed by atoms with van der Waals surface area (Å²) < 4.78 is 5.24. The largest absolute Gasteiger partial charge is 0.469 e. The first-order valence-corrected chi connectivity index (χ1v) is 8.09. The predicted octanol–water partition coefficient (Wildman–Crippen LogP) is 3.88. The molecular formula is C19H26N2O2. The van der Waals surface area contributed by atoms with Crippen LogP contribution in [-0.4, -0.2) is 18.6 Å². The van der Waals surface area contributed by atoms with E-state index in [9.17, 15) is 4.79 Å². The summed E-state index contributed by atoms with van der Waals surface area (Å²) in [5.74, 6) is 0.878. The Labute approximate surface area is 138 Å². The minimum absolute atomic E-state index is 0.0160. The second kappa shape index (κ2) is 7.86. The Kier molecular flexibility index (Phi) is 5.85. The number of carbonyl (C=O) groups excluding carboxylic acids is 1. The van der Waals surface area contributed by atoms with Gasteiger partial charge in [-0.3, -0.25) is 0 Å². The van der Waals surface area contributed by atoms with Gasteiger partial charge in [0, 0.05) is 19.0 Å². The zero-order chi connectivity index (χ0) is 16.7. The standard InChI is InChI=1S/C19H26N2O2/c1-15(14-19(2,3)16-8-5-4-6-9-16)21-18(22)20-12-11-17-10-7-13-23-17/h4-10,13,15H,11-12,14H2,1-3H3,(H2,20,21,22). The number of furan rings is 1. The van der Waals surface area contributed by atoms with Crippen LogP contribution in [0.25, 0.3) is 0 Å². The summed E-state index contributed by atoms with van der Waals surface area (Å²) >= 11 is 0. The number of urea groups is 1. The van der Waals surface area contributed by atoms with Crippen molar-refractivity contribution < 1.29 is 9.21 Å². The number of nitrogens with one attached hydrogen (secondary N) is 2. The molecule has 23 heavy (non-hydrogen) atoms. The molecule has 4 nitrogen and oxygen atoms in total. The van der Waals surface area contributed by atoms with Gasteiger partial charge < -0.3 is 15.1 Å². The van der Waals surface area contributed by atoms with Gasteiger partial charge in [0.05, 0.1) is 6.26 Å².